The van der Waals surface area contributed by atoms with E-state index in [4.69, 9.17) is 49.6 Å². The van der Waals surface area contributed by atoms with E-state index in [0.29, 0.717) is 47.0 Å². The minimum absolute atomic E-state index is 0.0715. The van der Waals surface area contributed by atoms with Gasteiger partial charge in [0, 0.05) is 79.3 Å². The topological polar surface area (TPSA) is 87.5 Å². The number of rotatable bonds is 12. The summed E-state index contributed by atoms with van der Waals surface area (Å²) in [5.41, 5.74) is 3.99. The van der Waals surface area contributed by atoms with E-state index in [9.17, 15) is 5.11 Å². The zero-order valence-corrected chi connectivity index (χ0v) is 29.1. The number of thiocarbonyl (C=S) groups is 1. The highest BCUT2D eigenvalue weighted by molar-refractivity contribution is 7.80. The van der Waals surface area contributed by atoms with Gasteiger partial charge in [0.1, 0.15) is 18.5 Å². The molecule has 6 rings (SSSR count). The van der Waals surface area contributed by atoms with E-state index in [0.717, 1.165) is 49.8 Å². The molecule has 0 spiro atoms. The Morgan fingerprint density at radius 3 is 2.33 bits per heavy atom. The number of likely N-dealkylation sites (N-methyl/N-ethyl adjacent to an activating group) is 1. The molecular formula is C35H40Cl2N6O4S. The molecule has 0 amide bonds. The van der Waals surface area contributed by atoms with E-state index in [1.807, 2.05) is 40.8 Å². The molecule has 3 aromatic carbocycles. The van der Waals surface area contributed by atoms with Crippen LogP contribution in [0.2, 0.25) is 10.0 Å². The largest absolute Gasteiger partial charge is 0.491 e. The number of nitrogens with one attached hydrogen (secondary N) is 1. The van der Waals surface area contributed by atoms with Crippen molar-refractivity contribution in [3.8, 4) is 5.75 Å². The standard InChI is InChI=1S/C35H40Cl2N6O4S/c1-2-41(19-20-44)34(48)39-27-4-6-28(7-5-27)42-15-17-43(18-16-42)29-8-10-30(11-9-29)45-22-31-23-46-35(47-31,24-40-14-13-38-25-40)32-12-3-26(36)21-33(32)37/h3-14,21,25,31,44H,2,15-20,22-24H2,1H3,(H,39,48). The summed E-state index contributed by atoms with van der Waals surface area (Å²) in [6, 6.07) is 21.9. The van der Waals surface area contributed by atoms with Crippen molar-refractivity contribution in [1.82, 2.24) is 14.5 Å². The monoisotopic (exact) mass is 710 g/mol. The number of anilines is 3. The second-order valence-electron chi connectivity index (χ2n) is 11.7. The van der Waals surface area contributed by atoms with Crippen molar-refractivity contribution in [3.63, 3.8) is 0 Å². The maximum absolute atomic E-state index is 9.25. The summed E-state index contributed by atoms with van der Waals surface area (Å²) >= 11 is 18.3. The highest BCUT2D eigenvalue weighted by atomic mass is 35.5. The van der Waals surface area contributed by atoms with Crippen LogP contribution in [0, 0.1) is 0 Å². The van der Waals surface area contributed by atoms with Crippen molar-refractivity contribution in [2.75, 3.05) is 74.2 Å². The quantitative estimate of drug-likeness (QED) is 0.174. The fourth-order valence-electron chi connectivity index (χ4n) is 6.02. The molecule has 2 aliphatic heterocycles. The molecule has 2 fully saturated rings. The van der Waals surface area contributed by atoms with Crippen LogP contribution in [-0.2, 0) is 21.8 Å². The molecule has 0 saturated carbocycles. The number of aromatic nitrogens is 2. The number of benzene rings is 3. The molecule has 1 aromatic heterocycles. The van der Waals surface area contributed by atoms with Gasteiger partial charge >= 0.3 is 0 Å². The van der Waals surface area contributed by atoms with E-state index >= 15 is 0 Å². The van der Waals surface area contributed by atoms with Crippen LogP contribution in [-0.4, -0.2) is 89.9 Å². The molecule has 4 aromatic rings. The van der Waals surface area contributed by atoms with Gasteiger partial charge in [-0.1, -0.05) is 29.3 Å². The number of hydrogen-bond donors (Lipinski definition) is 2. The normalized spacial score (nSPS) is 19.4. The second-order valence-corrected chi connectivity index (χ2v) is 13.0. The minimum Gasteiger partial charge on any atom is -0.491 e. The summed E-state index contributed by atoms with van der Waals surface area (Å²) in [6.45, 7) is 8.07. The molecule has 13 heteroatoms. The maximum atomic E-state index is 9.25. The summed E-state index contributed by atoms with van der Waals surface area (Å²) in [6.07, 6.45) is 5.00. The van der Waals surface area contributed by atoms with Gasteiger partial charge in [-0.15, -0.1) is 0 Å². The average Bonchev–Trinajstić information content (AvgIpc) is 3.77. The van der Waals surface area contributed by atoms with E-state index < -0.39 is 5.79 Å². The lowest BCUT2D eigenvalue weighted by atomic mass is 10.1. The number of aliphatic hydroxyl groups excluding tert-OH is 1. The van der Waals surface area contributed by atoms with Gasteiger partial charge < -0.3 is 43.9 Å². The molecular weight excluding hydrogens is 671 g/mol. The lowest BCUT2D eigenvalue weighted by molar-refractivity contribution is -0.189. The molecule has 3 heterocycles. The third kappa shape index (κ3) is 8.16. The molecule has 2 saturated heterocycles. The van der Waals surface area contributed by atoms with Gasteiger partial charge in [0.25, 0.3) is 0 Å². The van der Waals surface area contributed by atoms with Crippen LogP contribution < -0.4 is 19.9 Å². The van der Waals surface area contributed by atoms with Crippen LogP contribution in [0.4, 0.5) is 17.1 Å². The SMILES string of the molecule is CCN(CCO)C(=S)Nc1ccc(N2CCN(c3ccc(OCC4COC(Cn5ccnc5)(c5ccc(Cl)cc5Cl)O4)cc3)CC2)cc1. The number of nitrogens with zero attached hydrogens (tertiary/aromatic N) is 5. The Morgan fingerprint density at radius 1 is 1.04 bits per heavy atom. The van der Waals surface area contributed by atoms with Gasteiger partial charge in [0.15, 0.2) is 5.11 Å². The van der Waals surface area contributed by atoms with Gasteiger partial charge in [0.2, 0.25) is 5.79 Å². The zero-order chi connectivity index (χ0) is 33.5. The van der Waals surface area contributed by atoms with Crippen molar-refractivity contribution >= 4 is 57.6 Å². The molecule has 10 nitrogen and oxygen atoms in total. The Kier molecular flexibility index (Phi) is 11.3. The van der Waals surface area contributed by atoms with E-state index in [-0.39, 0.29) is 12.7 Å². The van der Waals surface area contributed by atoms with E-state index in [2.05, 4.69) is 56.5 Å². The number of hydrogen-bond acceptors (Lipinski definition) is 8. The first-order valence-electron chi connectivity index (χ1n) is 16.1. The summed E-state index contributed by atoms with van der Waals surface area (Å²) in [5, 5.41) is 14.2. The van der Waals surface area contributed by atoms with Crippen molar-refractivity contribution in [1.29, 1.82) is 0 Å². The number of ether oxygens (including phenoxy) is 3. The third-order valence-electron chi connectivity index (χ3n) is 8.59. The lowest BCUT2D eigenvalue weighted by Crippen LogP contribution is -2.46. The smallest absolute Gasteiger partial charge is 0.215 e. The Morgan fingerprint density at radius 2 is 1.73 bits per heavy atom. The van der Waals surface area contributed by atoms with Crippen molar-refractivity contribution in [2.24, 2.45) is 0 Å². The van der Waals surface area contributed by atoms with Gasteiger partial charge in [-0.2, -0.15) is 0 Å². The molecule has 0 aliphatic carbocycles. The highest BCUT2D eigenvalue weighted by Crippen LogP contribution is 2.40. The van der Waals surface area contributed by atoms with E-state index in [1.54, 1.807) is 24.7 Å². The first kappa shape index (κ1) is 34.3. The first-order valence-corrected chi connectivity index (χ1v) is 17.2. The third-order valence-corrected chi connectivity index (χ3v) is 9.50. The number of imidazole rings is 1. The molecule has 48 heavy (non-hydrogen) atoms. The first-order chi connectivity index (χ1) is 23.4. The second kappa shape index (κ2) is 15.8. The van der Waals surface area contributed by atoms with Crippen LogP contribution in [0.15, 0.2) is 85.5 Å². The lowest BCUT2D eigenvalue weighted by Gasteiger charge is -2.37. The molecule has 2 atom stereocenters. The number of halogens is 2. The van der Waals surface area contributed by atoms with Crippen LogP contribution in [0.1, 0.15) is 12.5 Å². The van der Waals surface area contributed by atoms with Crippen molar-refractivity contribution in [3.05, 3.63) is 101 Å². The summed E-state index contributed by atoms with van der Waals surface area (Å²) < 4.78 is 20.9. The molecule has 2 aliphatic rings. The number of piperazine rings is 1. The van der Waals surface area contributed by atoms with Gasteiger partial charge in [0.05, 0.1) is 31.1 Å². The number of aliphatic hydroxyl groups is 1. The fraction of sp³-hybridized carbons (Fsp3) is 0.371. The minimum atomic E-state index is -1.09. The van der Waals surface area contributed by atoms with Crippen LogP contribution in [0.5, 0.6) is 5.75 Å². The van der Waals surface area contributed by atoms with Gasteiger partial charge in [-0.05, 0) is 79.8 Å². The molecule has 2 N–H and O–H groups in total. The summed E-state index contributed by atoms with van der Waals surface area (Å²) in [4.78, 5) is 10.9. The van der Waals surface area contributed by atoms with Crippen LogP contribution >= 0.6 is 35.4 Å². The molecule has 0 radical (unpaired) electrons. The summed E-state index contributed by atoms with van der Waals surface area (Å²) in [7, 11) is 0. The molecule has 0 bridgehead atoms. The van der Waals surface area contributed by atoms with Crippen LogP contribution in [0.25, 0.3) is 0 Å². The van der Waals surface area contributed by atoms with Gasteiger partial charge in [-0.25, -0.2) is 4.98 Å². The Hall–Kier alpha value is -3.58. The Labute approximate surface area is 296 Å². The maximum Gasteiger partial charge on any atom is 0.215 e. The van der Waals surface area contributed by atoms with Crippen LogP contribution in [0.3, 0.4) is 0 Å². The van der Waals surface area contributed by atoms with Crippen molar-refractivity contribution in [2.45, 2.75) is 25.4 Å². The molecule has 2 unspecified atom stereocenters. The molecule has 254 valence electrons. The van der Waals surface area contributed by atoms with Crippen molar-refractivity contribution < 1.29 is 19.3 Å². The fourth-order valence-corrected chi connectivity index (χ4v) is 6.91. The zero-order valence-electron chi connectivity index (χ0n) is 26.8. The predicted molar refractivity (Wildman–Crippen MR) is 195 cm³/mol. The summed E-state index contributed by atoms with van der Waals surface area (Å²) in [5.74, 6) is -0.323. The van der Waals surface area contributed by atoms with Gasteiger partial charge in [-0.3, -0.25) is 0 Å². The Bertz CT molecular complexity index is 1640. The average molecular weight is 712 g/mol. The highest BCUT2D eigenvalue weighted by Gasteiger charge is 2.45. The predicted octanol–water partition coefficient (Wildman–Crippen LogP) is 5.87. The van der Waals surface area contributed by atoms with E-state index in [1.165, 1.54) is 5.69 Å². The Balaban J connectivity index is 0.994.